The molecule has 0 N–H and O–H groups in total. The molecule has 3 rings (SSSR count). The van der Waals surface area contributed by atoms with Crippen LogP contribution in [-0.4, -0.2) is 85.0 Å². The van der Waals surface area contributed by atoms with Crippen molar-refractivity contribution >= 4 is 11.8 Å². The van der Waals surface area contributed by atoms with Crippen LogP contribution in [0.1, 0.15) is 57.8 Å². The van der Waals surface area contributed by atoms with Crippen LogP contribution in [0.4, 0.5) is 0 Å². The summed E-state index contributed by atoms with van der Waals surface area (Å²) in [6.07, 6.45) is 11.0. The third-order valence-electron chi connectivity index (χ3n) is 6.04. The molecule has 0 atom stereocenters. The lowest BCUT2D eigenvalue weighted by Crippen LogP contribution is -2.52. The Morgan fingerprint density at radius 1 is 0.692 bits per heavy atom. The summed E-state index contributed by atoms with van der Waals surface area (Å²) in [5.74, 6) is 0.362. The lowest BCUT2D eigenvalue weighted by atomic mass is 9.98. The second kappa shape index (κ2) is 10.3. The third kappa shape index (κ3) is 5.95. The number of ether oxygens (including phenoxy) is 1. The van der Waals surface area contributed by atoms with Gasteiger partial charge < -0.3 is 14.5 Å². The van der Waals surface area contributed by atoms with Gasteiger partial charge in [0, 0.05) is 39.3 Å². The van der Waals surface area contributed by atoms with Crippen LogP contribution in [0.5, 0.6) is 0 Å². The quantitative estimate of drug-likeness (QED) is 0.747. The topological polar surface area (TPSA) is 53.1 Å². The Morgan fingerprint density at radius 2 is 1.27 bits per heavy atom. The highest BCUT2D eigenvalue weighted by Crippen LogP contribution is 2.20. The third-order valence-corrected chi connectivity index (χ3v) is 6.04. The number of carbonyl (C=O) groups is 2. The summed E-state index contributed by atoms with van der Waals surface area (Å²) in [5.41, 5.74) is 0. The summed E-state index contributed by atoms with van der Waals surface area (Å²) in [5, 5.41) is 0. The molecule has 0 unspecified atom stereocenters. The van der Waals surface area contributed by atoms with Gasteiger partial charge in [-0.2, -0.15) is 0 Å². The summed E-state index contributed by atoms with van der Waals surface area (Å²) in [7, 11) is 0. The molecule has 26 heavy (non-hydrogen) atoms. The van der Waals surface area contributed by atoms with Crippen molar-refractivity contribution in [3.8, 4) is 0 Å². The molecule has 2 aliphatic heterocycles. The van der Waals surface area contributed by atoms with Crippen molar-refractivity contribution in [2.24, 2.45) is 0 Å². The molecule has 1 aliphatic carbocycles. The van der Waals surface area contributed by atoms with Gasteiger partial charge in [0.1, 0.15) is 6.61 Å². The molecule has 2 heterocycles. The van der Waals surface area contributed by atoms with Crippen molar-refractivity contribution in [3.05, 3.63) is 0 Å². The predicted molar refractivity (Wildman–Crippen MR) is 101 cm³/mol. The summed E-state index contributed by atoms with van der Waals surface area (Å²) in [6, 6.07) is 0. The van der Waals surface area contributed by atoms with E-state index < -0.39 is 0 Å². The fraction of sp³-hybridized carbons (Fsp3) is 0.900. The highest BCUT2D eigenvalue weighted by Gasteiger charge is 2.25. The van der Waals surface area contributed by atoms with Gasteiger partial charge in [-0.05, 0) is 25.7 Å². The highest BCUT2D eigenvalue weighted by atomic mass is 16.5. The zero-order chi connectivity index (χ0) is 18.2. The van der Waals surface area contributed by atoms with Gasteiger partial charge in [0.05, 0.1) is 12.6 Å². The van der Waals surface area contributed by atoms with E-state index in [0.717, 1.165) is 51.9 Å². The molecule has 6 nitrogen and oxygen atoms in total. The number of hydrogen-bond acceptors (Lipinski definition) is 4. The van der Waals surface area contributed by atoms with E-state index in [1.165, 1.54) is 32.1 Å². The smallest absolute Gasteiger partial charge is 0.248 e. The van der Waals surface area contributed by atoms with E-state index in [-0.39, 0.29) is 24.5 Å². The van der Waals surface area contributed by atoms with Gasteiger partial charge in [0.25, 0.3) is 0 Å². The molecule has 0 aromatic carbocycles. The molecule has 0 spiro atoms. The highest BCUT2D eigenvalue weighted by molar-refractivity contribution is 5.79. The van der Waals surface area contributed by atoms with E-state index in [2.05, 4.69) is 4.90 Å². The summed E-state index contributed by atoms with van der Waals surface area (Å²) in [6.45, 7) is 5.54. The molecule has 0 aromatic rings. The molecule has 2 saturated heterocycles. The molecule has 3 aliphatic rings. The Labute approximate surface area is 157 Å². The predicted octanol–water partition coefficient (Wildman–Crippen LogP) is 1.88. The van der Waals surface area contributed by atoms with Crippen LogP contribution in [0, 0.1) is 0 Å². The van der Waals surface area contributed by atoms with E-state index in [9.17, 15) is 9.59 Å². The Bertz CT molecular complexity index is 449. The minimum atomic E-state index is 0.106. The zero-order valence-electron chi connectivity index (χ0n) is 16.2. The van der Waals surface area contributed by atoms with Crippen LogP contribution in [0.25, 0.3) is 0 Å². The molecule has 0 aromatic heterocycles. The lowest BCUT2D eigenvalue weighted by molar-refractivity contribution is -0.141. The molecular formula is C20H35N3O3. The summed E-state index contributed by atoms with van der Waals surface area (Å²) >= 11 is 0. The Morgan fingerprint density at radius 3 is 1.92 bits per heavy atom. The Hall–Kier alpha value is -1.14. The van der Waals surface area contributed by atoms with Gasteiger partial charge in [-0.15, -0.1) is 0 Å². The molecule has 0 radical (unpaired) electrons. The van der Waals surface area contributed by atoms with Crippen LogP contribution < -0.4 is 0 Å². The fourth-order valence-electron chi connectivity index (χ4n) is 4.28. The maximum Gasteiger partial charge on any atom is 0.248 e. The van der Waals surface area contributed by atoms with Crippen molar-refractivity contribution in [3.63, 3.8) is 0 Å². The Kier molecular flexibility index (Phi) is 7.74. The largest absolute Gasteiger partial charge is 0.368 e. The first-order valence-electron chi connectivity index (χ1n) is 10.6. The molecular weight excluding hydrogens is 330 g/mol. The monoisotopic (exact) mass is 365 g/mol. The maximum atomic E-state index is 12.5. The minimum Gasteiger partial charge on any atom is -0.368 e. The first kappa shape index (κ1) is 19.6. The van der Waals surface area contributed by atoms with Crippen LogP contribution in [0.3, 0.4) is 0 Å². The van der Waals surface area contributed by atoms with Gasteiger partial charge in [0.2, 0.25) is 11.8 Å². The average Bonchev–Trinajstić information content (AvgIpc) is 2.97. The molecule has 2 amide bonds. The van der Waals surface area contributed by atoms with E-state index in [1.807, 2.05) is 9.80 Å². The number of rotatable bonds is 5. The minimum absolute atomic E-state index is 0.106. The second-order valence-corrected chi connectivity index (χ2v) is 8.02. The van der Waals surface area contributed by atoms with Crippen LogP contribution in [0.15, 0.2) is 0 Å². The van der Waals surface area contributed by atoms with Gasteiger partial charge >= 0.3 is 0 Å². The van der Waals surface area contributed by atoms with Crippen molar-refractivity contribution in [2.75, 3.05) is 52.4 Å². The number of piperazine rings is 1. The number of amides is 2. The summed E-state index contributed by atoms with van der Waals surface area (Å²) < 4.78 is 5.81. The Balaban J connectivity index is 1.34. The van der Waals surface area contributed by atoms with Crippen molar-refractivity contribution < 1.29 is 14.3 Å². The van der Waals surface area contributed by atoms with Gasteiger partial charge in [-0.1, -0.05) is 32.1 Å². The van der Waals surface area contributed by atoms with Crippen molar-refractivity contribution in [1.82, 2.24) is 14.7 Å². The zero-order valence-corrected chi connectivity index (χ0v) is 16.2. The number of hydrogen-bond donors (Lipinski definition) is 0. The first-order valence-corrected chi connectivity index (χ1v) is 10.6. The van der Waals surface area contributed by atoms with E-state index >= 15 is 0 Å². The second-order valence-electron chi connectivity index (χ2n) is 8.02. The standard InChI is InChI=1S/C20H35N3O3/c24-19(22-10-6-1-2-7-11-22)16-21-12-14-23(15-13-21)20(25)17-26-18-8-4-3-5-9-18/h18H,1-17H2. The van der Waals surface area contributed by atoms with Crippen LogP contribution in [0.2, 0.25) is 0 Å². The number of likely N-dealkylation sites (tertiary alicyclic amines) is 1. The number of carbonyl (C=O) groups excluding carboxylic acids is 2. The fourth-order valence-corrected chi connectivity index (χ4v) is 4.28. The first-order chi connectivity index (χ1) is 12.7. The van der Waals surface area contributed by atoms with Gasteiger partial charge in [-0.3, -0.25) is 14.5 Å². The molecule has 6 heteroatoms. The van der Waals surface area contributed by atoms with E-state index in [0.29, 0.717) is 19.6 Å². The van der Waals surface area contributed by atoms with Crippen molar-refractivity contribution in [2.45, 2.75) is 63.9 Å². The average molecular weight is 366 g/mol. The molecule has 1 saturated carbocycles. The van der Waals surface area contributed by atoms with Crippen molar-refractivity contribution in [1.29, 1.82) is 0 Å². The van der Waals surface area contributed by atoms with Gasteiger partial charge in [-0.25, -0.2) is 0 Å². The van der Waals surface area contributed by atoms with Gasteiger partial charge in [0.15, 0.2) is 0 Å². The molecule has 3 fully saturated rings. The van der Waals surface area contributed by atoms with E-state index in [1.54, 1.807) is 0 Å². The van der Waals surface area contributed by atoms with Crippen LogP contribution in [-0.2, 0) is 14.3 Å². The number of nitrogens with zero attached hydrogens (tertiary/aromatic N) is 3. The maximum absolute atomic E-state index is 12.5. The molecule has 0 bridgehead atoms. The van der Waals surface area contributed by atoms with Crippen LogP contribution >= 0.6 is 0 Å². The summed E-state index contributed by atoms with van der Waals surface area (Å²) in [4.78, 5) is 31.0. The lowest BCUT2D eigenvalue weighted by Gasteiger charge is -2.35. The SMILES string of the molecule is O=C(COC1CCCCC1)N1CCN(CC(=O)N2CCCCCC2)CC1. The molecule has 148 valence electrons. The normalized spacial score (nSPS) is 23.7. The van der Waals surface area contributed by atoms with E-state index in [4.69, 9.17) is 4.74 Å².